The van der Waals surface area contributed by atoms with Gasteiger partial charge in [-0.15, -0.1) is 17.7 Å². The average Bonchev–Trinajstić information content (AvgIpc) is 2.81. The minimum atomic E-state index is -0.413. The van der Waals surface area contributed by atoms with Crippen LogP contribution < -0.4 is 24.2 Å². The van der Waals surface area contributed by atoms with Gasteiger partial charge in [-0.1, -0.05) is 44.6 Å². The van der Waals surface area contributed by atoms with Crippen molar-refractivity contribution >= 4 is 40.2 Å². The minimum Gasteiger partial charge on any atom is -0.308 e. The number of benzene rings is 1. The van der Waals surface area contributed by atoms with Crippen LogP contribution in [0.3, 0.4) is 0 Å². The Kier molecular flexibility index (Phi) is 7.24. The summed E-state index contributed by atoms with van der Waals surface area (Å²) < 4.78 is 14.1. The molecule has 3 rings (SSSR count). The number of hydrogen-bond acceptors (Lipinski definition) is 3. The van der Waals surface area contributed by atoms with Crippen LogP contribution in [0.2, 0.25) is 0 Å². The van der Waals surface area contributed by atoms with Gasteiger partial charge in [0.2, 0.25) is 11.8 Å². The molecule has 7 heteroatoms. The summed E-state index contributed by atoms with van der Waals surface area (Å²) >= 11 is 2.00. The van der Waals surface area contributed by atoms with E-state index in [4.69, 9.17) is 0 Å². The van der Waals surface area contributed by atoms with Crippen molar-refractivity contribution in [2.24, 2.45) is 11.8 Å². The molecule has 25 heavy (non-hydrogen) atoms. The number of hydrogen-bond donors (Lipinski definition) is 1. The second kappa shape index (κ2) is 8.78. The van der Waals surface area contributed by atoms with Crippen molar-refractivity contribution in [1.29, 1.82) is 0 Å². The van der Waals surface area contributed by atoms with E-state index in [0.717, 1.165) is 25.7 Å². The quantitative estimate of drug-likeness (QED) is 0.230. The smallest absolute Gasteiger partial charge is 0.308 e. The van der Waals surface area contributed by atoms with Gasteiger partial charge in [0.15, 0.2) is 0 Å². The number of fused-ring (bicyclic) bond motifs is 1. The number of nitrogens with one attached hydrogen (secondary N) is 1. The van der Waals surface area contributed by atoms with Gasteiger partial charge in [-0.25, -0.2) is 4.39 Å². The number of carbonyl (C=O) groups is 3. The molecule has 4 nitrogen and oxygen atoms in total. The number of piperidine rings is 1. The van der Waals surface area contributed by atoms with Crippen LogP contribution in [0.5, 0.6) is 0 Å². The molecular weight excluding hydrogens is 431 g/mol. The molecule has 0 saturated carbocycles. The maximum absolute atomic E-state index is 13.4. The normalized spacial score (nSPS) is 22.4. The monoisotopic (exact) mass is 449 g/mol. The molecule has 2 atom stereocenters. The van der Waals surface area contributed by atoms with Crippen molar-refractivity contribution in [3.63, 3.8) is 0 Å². The first-order chi connectivity index (χ1) is 11.5. The molecule has 0 aromatic heterocycles. The number of ketones is 1. The van der Waals surface area contributed by atoms with Gasteiger partial charge in [-0.05, 0) is 25.7 Å². The Morgan fingerprint density at radius 1 is 1.20 bits per heavy atom. The molecule has 128 valence electrons. The van der Waals surface area contributed by atoms with Crippen molar-refractivity contribution in [2.75, 3.05) is 0 Å². The molecule has 0 spiro atoms. The summed E-state index contributed by atoms with van der Waals surface area (Å²) in [5, 5.41) is 2.37. The molecule has 1 aromatic carbocycles. The van der Waals surface area contributed by atoms with Crippen molar-refractivity contribution in [2.45, 2.75) is 44.9 Å². The van der Waals surface area contributed by atoms with Crippen molar-refractivity contribution in [3.8, 4) is 0 Å². The Labute approximate surface area is 172 Å². The van der Waals surface area contributed by atoms with Crippen molar-refractivity contribution in [3.05, 3.63) is 32.6 Å². The van der Waals surface area contributed by atoms with E-state index in [1.54, 1.807) is 0 Å². The molecule has 1 N–H and O–H groups in total. The van der Waals surface area contributed by atoms with Crippen LogP contribution >= 0.6 is 22.6 Å². The molecule has 0 radical (unpaired) electrons. The van der Waals surface area contributed by atoms with Gasteiger partial charge in [-0.3, -0.25) is 14.9 Å². The van der Waals surface area contributed by atoms with Gasteiger partial charge >= 0.3 is 18.9 Å². The Bertz CT molecular complexity index is 710. The molecule has 1 aliphatic carbocycles. The van der Waals surface area contributed by atoms with Gasteiger partial charge in [0.1, 0.15) is 5.78 Å². The number of halogens is 2. The third-order valence-electron chi connectivity index (χ3n) is 4.84. The Morgan fingerprint density at radius 3 is 2.56 bits per heavy atom. The second-order valence-corrected chi connectivity index (χ2v) is 7.68. The van der Waals surface area contributed by atoms with Crippen molar-refractivity contribution < 1.29 is 37.6 Å². The van der Waals surface area contributed by atoms with Crippen LogP contribution in [0.15, 0.2) is 6.07 Å². The van der Waals surface area contributed by atoms with Crippen LogP contribution in [0, 0.1) is 27.3 Å². The van der Waals surface area contributed by atoms with E-state index in [2.05, 4.69) is 11.4 Å². The molecule has 2 amide bonds. The molecule has 1 saturated heterocycles. The Morgan fingerprint density at radius 2 is 1.88 bits per heavy atom. The number of amides is 2. The average molecular weight is 449 g/mol. The predicted octanol–water partition coefficient (Wildman–Crippen LogP) is 0.203. The number of rotatable bonds is 5. The third-order valence-corrected chi connectivity index (χ3v) is 5.69. The molecule has 1 heterocycles. The van der Waals surface area contributed by atoms with Gasteiger partial charge in [0.05, 0.1) is 0 Å². The maximum atomic E-state index is 13.4. The first-order valence-electron chi connectivity index (χ1n) is 8.24. The number of Topliss-reactive ketones (excluding diaryl/α,β-unsaturated/α-hetero) is 1. The van der Waals surface area contributed by atoms with Crippen LogP contribution in [-0.4, -0.2) is 17.6 Å². The van der Waals surface area contributed by atoms with Crippen molar-refractivity contribution in [1.82, 2.24) is 5.32 Å². The largest absolute Gasteiger partial charge is 1.00 e. The second-order valence-electron chi connectivity index (χ2n) is 6.52. The number of carbonyl (C=O) groups excluding carboxylic acids is 3. The summed E-state index contributed by atoms with van der Waals surface area (Å²) in [7, 11) is 0. The van der Waals surface area contributed by atoms with Gasteiger partial charge in [0.25, 0.3) is 0 Å². The van der Waals surface area contributed by atoms with E-state index in [0.29, 0.717) is 34.0 Å². The zero-order chi connectivity index (χ0) is 17.3. The van der Waals surface area contributed by atoms with Crippen LogP contribution in [0.1, 0.15) is 54.4 Å². The standard InChI is InChI=1S/C18H18FINO3.Li/c19-13-8-12-7-11(17(23)16(12)14(20)9-13)4-2-1-3-10-5-6-15(22)21-18(10)24;/h9-11H,1-7H2,(H,21,22,24);/q-1;+1. The van der Waals surface area contributed by atoms with E-state index < -0.39 is 5.82 Å². The summed E-state index contributed by atoms with van der Waals surface area (Å²) in [4.78, 5) is 35.3. The molecule has 2 aliphatic rings. The molecular formula is C18H18FILiNO3. The topological polar surface area (TPSA) is 63.2 Å². The van der Waals surface area contributed by atoms with E-state index in [1.807, 2.05) is 22.6 Å². The summed E-state index contributed by atoms with van der Waals surface area (Å²) in [6.45, 7) is 0. The molecule has 0 bridgehead atoms. The van der Waals surface area contributed by atoms with Gasteiger partial charge in [0, 0.05) is 24.1 Å². The fourth-order valence-corrected chi connectivity index (χ4v) is 4.43. The van der Waals surface area contributed by atoms with Crippen LogP contribution in [0.25, 0.3) is 0 Å². The molecule has 1 aliphatic heterocycles. The van der Waals surface area contributed by atoms with E-state index in [1.165, 1.54) is 6.07 Å². The molecule has 2 unspecified atom stereocenters. The fourth-order valence-electron chi connectivity index (χ4n) is 3.56. The van der Waals surface area contributed by atoms with Gasteiger partial charge in [-0.2, -0.15) is 0 Å². The Balaban J connectivity index is 0.00000225. The third kappa shape index (κ3) is 4.72. The minimum absolute atomic E-state index is 0. The van der Waals surface area contributed by atoms with E-state index in [-0.39, 0.29) is 48.3 Å². The number of imide groups is 1. The van der Waals surface area contributed by atoms with Crippen LogP contribution in [-0.2, 0) is 16.0 Å². The maximum Gasteiger partial charge on any atom is 1.00 e. The summed E-state index contributed by atoms with van der Waals surface area (Å²) in [6.07, 6.45) is 4.76. The number of unbranched alkanes of at least 4 members (excludes halogenated alkanes) is 1. The fraction of sp³-hybridized carbons (Fsp3) is 0.500. The van der Waals surface area contributed by atoms with Crippen LogP contribution in [0.4, 0.5) is 4.39 Å². The summed E-state index contributed by atoms with van der Waals surface area (Å²) in [6, 6.07) is 4.01. The summed E-state index contributed by atoms with van der Waals surface area (Å²) in [5.41, 5.74) is 1.33. The SMILES string of the molecule is O=C1CCC(CCCCC2Cc3[c-]c(F)cc(I)c3C2=O)C(=O)N1.[Li+]. The predicted molar refractivity (Wildman–Crippen MR) is 93.8 cm³/mol. The van der Waals surface area contributed by atoms with Gasteiger partial charge < -0.3 is 4.79 Å². The molecule has 1 fully saturated rings. The summed E-state index contributed by atoms with van der Waals surface area (Å²) in [5.74, 6) is -0.883. The first kappa shape index (κ1) is 20.6. The van der Waals surface area contributed by atoms with E-state index in [9.17, 15) is 18.8 Å². The molecule has 1 aromatic rings. The zero-order valence-corrected chi connectivity index (χ0v) is 16.3. The zero-order valence-electron chi connectivity index (χ0n) is 14.2. The Hall–Kier alpha value is -0.713. The van der Waals surface area contributed by atoms with E-state index >= 15 is 0 Å². The first-order valence-corrected chi connectivity index (χ1v) is 9.31.